The van der Waals surface area contributed by atoms with Crippen molar-refractivity contribution in [1.82, 2.24) is 4.79 Å². The Labute approximate surface area is 85.7 Å². The highest BCUT2D eigenvalue weighted by molar-refractivity contribution is 6.03. The van der Waals surface area contributed by atoms with Crippen molar-refractivity contribution in [3.63, 3.8) is 0 Å². The summed E-state index contributed by atoms with van der Waals surface area (Å²) < 4.78 is 13.7. The molecule has 15 heavy (non-hydrogen) atoms. The zero-order valence-corrected chi connectivity index (χ0v) is 8.41. The summed E-state index contributed by atoms with van der Waals surface area (Å²) in [6.07, 6.45) is 0. The summed E-state index contributed by atoms with van der Waals surface area (Å²) in [5.74, 6) is -1.11. The molecule has 0 unspecified atom stereocenters. The van der Waals surface area contributed by atoms with Crippen molar-refractivity contribution in [3.8, 4) is 0 Å². The van der Waals surface area contributed by atoms with E-state index in [1.807, 2.05) is 0 Å². The first-order valence-electron chi connectivity index (χ1n) is 4.54. The van der Waals surface area contributed by atoms with Gasteiger partial charge in [0, 0.05) is 5.39 Å². The van der Waals surface area contributed by atoms with Gasteiger partial charge < -0.3 is 5.11 Å². The van der Waals surface area contributed by atoms with Gasteiger partial charge in [0.1, 0.15) is 0 Å². The average Bonchev–Trinajstić information content (AvgIpc) is 2.44. The topological polar surface area (TPSA) is 42.2 Å². The highest BCUT2D eigenvalue weighted by atomic mass is 19.2. The Bertz CT molecular complexity index is 557. The second kappa shape index (κ2) is 3.08. The number of halogens is 1. The van der Waals surface area contributed by atoms with Crippen LogP contribution in [0.15, 0.2) is 18.2 Å². The lowest BCUT2D eigenvalue weighted by atomic mass is 10.1. The average molecular weight is 207 g/mol. The molecule has 0 saturated heterocycles. The van der Waals surface area contributed by atoms with Crippen molar-refractivity contribution in [3.05, 3.63) is 35.0 Å². The summed E-state index contributed by atoms with van der Waals surface area (Å²) >= 11 is 0. The molecule has 0 amide bonds. The molecule has 0 aliphatic heterocycles. The van der Waals surface area contributed by atoms with Crippen LogP contribution in [0.3, 0.4) is 0 Å². The first-order valence-corrected chi connectivity index (χ1v) is 4.54. The molecule has 1 heterocycles. The number of rotatable bonds is 1. The maximum atomic E-state index is 13.7. The quantitative estimate of drug-likeness (QED) is 0.781. The molecule has 2 aromatic rings. The van der Waals surface area contributed by atoms with E-state index in [4.69, 9.17) is 5.11 Å². The van der Waals surface area contributed by atoms with Crippen LogP contribution in [0, 0.1) is 13.8 Å². The van der Waals surface area contributed by atoms with E-state index in [0.717, 1.165) is 5.56 Å². The maximum absolute atomic E-state index is 13.7. The van der Waals surface area contributed by atoms with Gasteiger partial charge in [0.25, 0.3) is 0 Å². The van der Waals surface area contributed by atoms with E-state index in [2.05, 4.69) is 0 Å². The van der Waals surface area contributed by atoms with E-state index in [1.165, 1.54) is 6.07 Å². The van der Waals surface area contributed by atoms with Gasteiger partial charge in [-0.1, -0.05) is 16.6 Å². The van der Waals surface area contributed by atoms with Crippen LogP contribution in [0.5, 0.6) is 0 Å². The fraction of sp³-hybridized carbons (Fsp3) is 0.182. The second-order valence-corrected chi connectivity index (χ2v) is 3.50. The Morgan fingerprint density at radius 1 is 1.40 bits per heavy atom. The Morgan fingerprint density at radius 2 is 2.07 bits per heavy atom. The number of aromatic nitrogens is 1. The predicted molar refractivity (Wildman–Crippen MR) is 54.9 cm³/mol. The SMILES string of the molecule is Cc1c(C)n(F)c2c(C(=O)O)cccc12. The fourth-order valence-corrected chi connectivity index (χ4v) is 1.74. The first-order chi connectivity index (χ1) is 7.04. The normalized spacial score (nSPS) is 10.9. The third-order valence-electron chi connectivity index (χ3n) is 2.70. The fourth-order valence-electron chi connectivity index (χ4n) is 1.74. The van der Waals surface area contributed by atoms with Crippen LogP contribution in [0.25, 0.3) is 10.9 Å². The van der Waals surface area contributed by atoms with Crippen molar-refractivity contribution in [1.29, 1.82) is 0 Å². The summed E-state index contributed by atoms with van der Waals surface area (Å²) in [6, 6.07) is 4.75. The number of aromatic carboxylic acids is 1. The smallest absolute Gasteiger partial charge is 0.337 e. The van der Waals surface area contributed by atoms with Gasteiger partial charge in [-0.05, 0) is 25.5 Å². The highest BCUT2D eigenvalue weighted by Crippen LogP contribution is 2.27. The Balaban J connectivity index is 2.98. The Hall–Kier alpha value is -1.84. The molecule has 1 aromatic heterocycles. The lowest BCUT2D eigenvalue weighted by Gasteiger charge is -1.98. The summed E-state index contributed by atoms with van der Waals surface area (Å²) in [5.41, 5.74) is 1.35. The number of benzene rings is 1. The monoisotopic (exact) mass is 207 g/mol. The van der Waals surface area contributed by atoms with Gasteiger partial charge in [-0.25, -0.2) is 4.79 Å². The van der Waals surface area contributed by atoms with Crippen molar-refractivity contribution in [2.75, 3.05) is 0 Å². The molecule has 4 heteroatoms. The number of hydrogen-bond acceptors (Lipinski definition) is 1. The van der Waals surface area contributed by atoms with Gasteiger partial charge in [-0.15, -0.1) is 0 Å². The molecular weight excluding hydrogens is 197 g/mol. The highest BCUT2D eigenvalue weighted by Gasteiger charge is 2.17. The number of carboxylic acid groups (broad SMARTS) is 1. The molecule has 3 nitrogen and oxygen atoms in total. The molecule has 2 rings (SSSR count). The van der Waals surface area contributed by atoms with E-state index in [-0.39, 0.29) is 11.1 Å². The van der Waals surface area contributed by atoms with E-state index in [9.17, 15) is 9.28 Å². The van der Waals surface area contributed by atoms with Crippen LogP contribution in [0.2, 0.25) is 0 Å². The van der Waals surface area contributed by atoms with Crippen molar-refractivity contribution in [2.45, 2.75) is 13.8 Å². The molecule has 0 saturated carbocycles. The number of fused-ring (bicyclic) bond motifs is 1. The van der Waals surface area contributed by atoms with Crippen LogP contribution in [-0.2, 0) is 0 Å². The summed E-state index contributed by atoms with van der Waals surface area (Å²) in [4.78, 5) is 11.3. The van der Waals surface area contributed by atoms with E-state index >= 15 is 0 Å². The van der Waals surface area contributed by atoms with Crippen molar-refractivity contribution >= 4 is 16.9 Å². The number of carboxylic acids is 1. The van der Waals surface area contributed by atoms with Gasteiger partial charge in [0.15, 0.2) is 0 Å². The van der Waals surface area contributed by atoms with E-state index < -0.39 is 5.97 Å². The van der Waals surface area contributed by atoms with Gasteiger partial charge >= 0.3 is 5.97 Å². The summed E-state index contributed by atoms with van der Waals surface area (Å²) in [6.45, 7) is 3.40. The van der Waals surface area contributed by atoms with Crippen LogP contribution in [-0.4, -0.2) is 15.9 Å². The van der Waals surface area contributed by atoms with Crippen molar-refractivity contribution < 1.29 is 14.4 Å². The molecule has 0 aliphatic carbocycles. The van der Waals surface area contributed by atoms with Gasteiger partial charge in [0.05, 0.1) is 16.8 Å². The van der Waals surface area contributed by atoms with Gasteiger partial charge in [-0.2, -0.15) is 4.79 Å². The summed E-state index contributed by atoms with van der Waals surface area (Å²) in [5, 5.41) is 9.58. The molecule has 0 aliphatic rings. The lowest BCUT2D eigenvalue weighted by molar-refractivity contribution is 0.0698. The molecular formula is C11H10FNO2. The van der Waals surface area contributed by atoms with Gasteiger partial charge in [-0.3, -0.25) is 0 Å². The van der Waals surface area contributed by atoms with E-state index in [0.29, 0.717) is 15.9 Å². The number of carbonyl (C=O) groups is 1. The number of para-hydroxylation sites is 1. The number of aryl methyl sites for hydroxylation is 1. The number of nitrogens with zero attached hydrogens (tertiary/aromatic N) is 1. The molecule has 0 fully saturated rings. The van der Waals surface area contributed by atoms with E-state index in [1.54, 1.807) is 26.0 Å². The number of hydrogen-bond donors (Lipinski definition) is 1. The maximum Gasteiger partial charge on any atom is 0.337 e. The van der Waals surface area contributed by atoms with Crippen LogP contribution < -0.4 is 0 Å². The van der Waals surface area contributed by atoms with Crippen LogP contribution in [0.4, 0.5) is 4.48 Å². The second-order valence-electron chi connectivity index (χ2n) is 3.50. The molecule has 0 spiro atoms. The minimum absolute atomic E-state index is 0.00815. The standard InChI is InChI=1S/C11H10FNO2/c1-6-7(2)13(12)10-8(6)4-3-5-9(10)11(14)15/h3-5H,1-2H3,(H,14,15). The molecule has 0 atom stereocenters. The van der Waals surface area contributed by atoms with Gasteiger partial charge in [0.2, 0.25) is 0 Å². The predicted octanol–water partition coefficient (Wildman–Crippen LogP) is 2.69. The third-order valence-corrected chi connectivity index (χ3v) is 2.70. The molecule has 0 bridgehead atoms. The molecule has 0 radical (unpaired) electrons. The van der Waals surface area contributed by atoms with Crippen LogP contribution >= 0.6 is 0 Å². The molecule has 1 aromatic carbocycles. The minimum atomic E-state index is -1.11. The Morgan fingerprint density at radius 3 is 2.67 bits per heavy atom. The first kappa shape index (κ1) is 9.71. The zero-order valence-electron chi connectivity index (χ0n) is 8.41. The van der Waals surface area contributed by atoms with Crippen LogP contribution in [0.1, 0.15) is 21.6 Å². The van der Waals surface area contributed by atoms with Crippen molar-refractivity contribution in [2.24, 2.45) is 0 Å². The lowest BCUT2D eigenvalue weighted by Crippen LogP contribution is -1.99. The largest absolute Gasteiger partial charge is 0.478 e. The Kier molecular flexibility index (Phi) is 2.00. The summed E-state index contributed by atoms with van der Waals surface area (Å²) in [7, 11) is 0. The third kappa shape index (κ3) is 1.21. The zero-order chi connectivity index (χ0) is 11.2. The molecule has 1 N–H and O–H groups in total. The minimum Gasteiger partial charge on any atom is -0.478 e. The molecule has 78 valence electrons.